The van der Waals surface area contributed by atoms with Gasteiger partial charge < -0.3 is 5.32 Å². The first-order valence-corrected chi connectivity index (χ1v) is 5.40. The van der Waals surface area contributed by atoms with Crippen LogP contribution in [0.4, 0.5) is 0 Å². The van der Waals surface area contributed by atoms with Crippen LogP contribution in [0.15, 0.2) is 30.3 Å². The number of Topliss-reactive ketones (excluding diaryl/α,β-unsaturated/α-hetero) is 1. The van der Waals surface area contributed by atoms with Gasteiger partial charge in [0, 0.05) is 5.92 Å². The van der Waals surface area contributed by atoms with Crippen LogP contribution in [0, 0.1) is 5.92 Å². The lowest BCUT2D eigenvalue weighted by Gasteiger charge is -2.17. The largest absolute Gasteiger partial charge is 0.310 e. The minimum absolute atomic E-state index is 0.0626. The Morgan fingerprint density at radius 1 is 1.27 bits per heavy atom. The molecule has 1 N–H and O–H groups in total. The molecule has 0 aliphatic carbocycles. The van der Waals surface area contributed by atoms with E-state index >= 15 is 0 Å². The Balaban J connectivity index is 2.66. The predicted molar refractivity (Wildman–Crippen MR) is 62.8 cm³/mol. The number of carbonyl (C=O) groups is 1. The zero-order valence-electron chi connectivity index (χ0n) is 9.66. The van der Waals surface area contributed by atoms with Crippen LogP contribution in [0.2, 0.25) is 0 Å². The maximum atomic E-state index is 11.8. The third-order valence-corrected chi connectivity index (χ3v) is 2.54. The molecular formula is C13H19NO. The molecule has 0 aliphatic heterocycles. The van der Waals surface area contributed by atoms with Crippen LogP contribution >= 0.6 is 0 Å². The van der Waals surface area contributed by atoms with Gasteiger partial charge in [-0.05, 0) is 19.0 Å². The van der Waals surface area contributed by atoms with Gasteiger partial charge in [-0.1, -0.05) is 44.2 Å². The number of hydrogen-bond donors (Lipinski definition) is 1. The molecule has 0 bridgehead atoms. The number of hydrogen-bond acceptors (Lipinski definition) is 2. The Labute approximate surface area is 91.7 Å². The van der Waals surface area contributed by atoms with Gasteiger partial charge in [-0.3, -0.25) is 4.79 Å². The number of nitrogens with one attached hydrogen (secondary N) is 1. The number of ketones is 1. The molecule has 2 nitrogen and oxygen atoms in total. The maximum absolute atomic E-state index is 11.8. The van der Waals surface area contributed by atoms with Gasteiger partial charge in [0.1, 0.15) is 0 Å². The van der Waals surface area contributed by atoms with Crippen molar-refractivity contribution in [1.82, 2.24) is 5.32 Å². The molecule has 15 heavy (non-hydrogen) atoms. The topological polar surface area (TPSA) is 29.1 Å². The molecule has 1 aromatic rings. The molecule has 1 aromatic carbocycles. The first kappa shape index (κ1) is 11.9. The Bertz CT molecular complexity index is 306. The third-order valence-electron chi connectivity index (χ3n) is 2.54. The van der Waals surface area contributed by atoms with Gasteiger partial charge >= 0.3 is 0 Å². The average Bonchev–Trinajstić information content (AvgIpc) is 2.26. The van der Waals surface area contributed by atoms with Crippen molar-refractivity contribution in [2.75, 3.05) is 7.05 Å². The van der Waals surface area contributed by atoms with Crippen molar-refractivity contribution in [3.8, 4) is 0 Å². The summed E-state index contributed by atoms with van der Waals surface area (Å²) in [5, 5.41) is 3.08. The van der Waals surface area contributed by atoms with Crippen molar-refractivity contribution < 1.29 is 4.79 Å². The van der Waals surface area contributed by atoms with E-state index in [0.29, 0.717) is 0 Å². The summed E-state index contributed by atoms with van der Waals surface area (Å²) in [6, 6.07) is 10.0. The van der Waals surface area contributed by atoms with Gasteiger partial charge in [0.25, 0.3) is 0 Å². The maximum Gasteiger partial charge on any atom is 0.152 e. The first-order valence-electron chi connectivity index (χ1n) is 5.40. The zero-order valence-corrected chi connectivity index (χ0v) is 9.66. The summed E-state index contributed by atoms with van der Waals surface area (Å²) in [6.45, 7) is 3.88. The molecule has 0 saturated heterocycles. The monoisotopic (exact) mass is 205 g/mol. The number of likely N-dealkylation sites (N-methyl/N-ethyl adjacent to an activating group) is 1. The van der Waals surface area contributed by atoms with E-state index < -0.39 is 0 Å². The predicted octanol–water partition coefficient (Wildman–Crippen LogP) is 2.04. The van der Waals surface area contributed by atoms with Gasteiger partial charge in [-0.2, -0.15) is 0 Å². The minimum atomic E-state index is -0.0626. The van der Waals surface area contributed by atoms with Crippen molar-refractivity contribution >= 4 is 5.78 Å². The van der Waals surface area contributed by atoms with Crippen LogP contribution in [0.1, 0.15) is 19.4 Å². The van der Waals surface area contributed by atoms with Crippen molar-refractivity contribution in [3.63, 3.8) is 0 Å². The summed E-state index contributed by atoms with van der Waals surface area (Å²) in [5.74, 6) is 0.368. The minimum Gasteiger partial charge on any atom is -0.310 e. The number of rotatable bonds is 5. The third kappa shape index (κ3) is 3.48. The highest BCUT2D eigenvalue weighted by Crippen LogP contribution is 2.07. The second kappa shape index (κ2) is 5.66. The van der Waals surface area contributed by atoms with Crippen LogP contribution in [0.5, 0.6) is 0 Å². The van der Waals surface area contributed by atoms with E-state index in [1.807, 2.05) is 39.1 Å². The molecule has 0 aromatic heterocycles. The molecule has 1 unspecified atom stereocenters. The van der Waals surface area contributed by atoms with Crippen molar-refractivity contribution in [1.29, 1.82) is 0 Å². The molecule has 82 valence electrons. The highest BCUT2D eigenvalue weighted by Gasteiger charge is 2.19. The highest BCUT2D eigenvalue weighted by molar-refractivity contribution is 5.85. The summed E-state index contributed by atoms with van der Waals surface area (Å²) in [6.07, 6.45) is 0.772. The normalized spacial score (nSPS) is 12.8. The van der Waals surface area contributed by atoms with Gasteiger partial charge in [0.05, 0.1) is 6.04 Å². The van der Waals surface area contributed by atoms with Gasteiger partial charge in [0.15, 0.2) is 5.78 Å². The SMILES string of the molecule is CNC(Cc1ccccc1)C(=O)C(C)C. The second-order valence-electron chi connectivity index (χ2n) is 4.09. The molecule has 1 rings (SSSR count). The summed E-state index contributed by atoms with van der Waals surface area (Å²) in [5.41, 5.74) is 1.20. The Hall–Kier alpha value is -1.15. The first-order chi connectivity index (χ1) is 7.15. The molecule has 2 heteroatoms. The van der Waals surface area contributed by atoms with Crippen molar-refractivity contribution in [2.45, 2.75) is 26.3 Å². The van der Waals surface area contributed by atoms with E-state index in [2.05, 4.69) is 17.4 Å². The molecule has 0 amide bonds. The van der Waals surface area contributed by atoms with E-state index in [1.165, 1.54) is 5.56 Å². The van der Waals surface area contributed by atoms with Gasteiger partial charge in [0.2, 0.25) is 0 Å². The molecule has 1 atom stereocenters. The lowest BCUT2D eigenvalue weighted by molar-refractivity contribution is -0.123. The van der Waals surface area contributed by atoms with E-state index in [4.69, 9.17) is 0 Å². The molecule has 0 radical (unpaired) electrons. The molecule has 0 spiro atoms. The molecular weight excluding hydrogens is 186 g/mol. The van der Waals surface area contributed by atoms with E-state index in [0.717, 1.165) is 6.42 Å². The summed E-state index contributed by atoms with van der Waals surface area (Å²) in [7, 11) is 1.84. The lowest BCUT2D eigenvalue weighted by atomic mass is 9.96. The molecule has 0 saturated carbocycles. The van der Waals surface area contributed by atoms with Gasteiger partial charge in [-0.25, -0.2) is 0 Å². The fourth-order valence-corrected chi connectivity index (χ4v) is 1.60. The summed E-state index contributed by atoms with van der Waals surface area (Å²) < 4.78 is 0. The zero-order chi connectivity index (χ0) is 11.3. The van der Waals surface area contributed by atoms with E-state index in [1.54, 1.807) is 0 Å². The fourth-order valence-electron chi connectivity index (χ4n) is 1.60. The van der Waals surface area contributed by atoms with E-state index in [-0.39, 0.29) is 17.7 Å². The Kier molecular flexibility index (Phi) is 4.50. The van der Waals surface area contributed by atoms with Crippen LogP contribution < -0.4 is 5.32 Å². The van der Waals surface area contributed by atoms with Gasteiger partial charge in [-0.15, -0.1) is 0 Å². The Morgan fingerprint density at radius 2 is 1.87 bits per heavy atom. The average molecular weight is 205 g/mol. The van der Waals surface area contributed by atoms with Crippen LogP contribution in [-0.2, 0) is 11.2 Å². The van der Waals surface area contributed by atoms with Crippen LogP contribution in [-0.4, -0.2) is 18.9 Å². The Morgan fingerprint density at radius 3 is 2.33 bits per heavy atom. The number of carbonyl (C=O) groups excluding carboxylic acids is 1. The molecule has 0 fully saturated rings. The molecule has 0 aliphatic rings. The number of benzene rings is 1. The van der Waals surface area contributed by atoms with E-state index in [9.17, 15) is 4.79 Å². The smallest absolute Gasteiger partial charge is 0.152 e. The fraction of sp³-hybridized carbons (Fsp3) is 0.462. The van der Waals surface area contributed by atoms with Crippen LogP contribution in [0.25, 0.3) is 0 Å². The standard InChI is InChI=1S/C13H19NO/c1-10(2)13(15)12(14-3)9-11-7-5-4-6-8-11/h4-8,10,12,14H,9H2,1-3H3. The van der Waals surface area contributed by atoms with Crippen molar-refractivity contribution in [3.05, 3.63) is 35.9 Å². The summed E-state index contributed by atoms with van der Waals surface area (Å²) in [4.78, 5) is 11.8. The lowest BCUT2D eigenvalue weighted by Crippen LogP contribution is -2.38. The van der Waals surface area contributed by atoms with Crippen molar-refractivity contribution in [2.24, 2.45) is 5.92 Å². The summed E-state index contributed by atoms with van der Waals surface area (Å²) >= 11 is 0. The molecule has 0 heterocycles. The second-order valence-corrected chi connectivity index (χ2v) is 4.09. The highest BCUT2D eigenvalue weighted by atomic mass is 16.1. The quantitative estimate of drug-likeness (QED) is 0.797. The van der Waals surface area contributed by atoms with Crippen LogP contribution in [0.3, 0.4) is 0 Å².